The van der Waals surface area contributed by atoms with E-state index in [1.165, 1.54) is 11.1 Å². The van der Waals surface area contributed by atoms with Gasteiger partial charge in [0, 0.05) is 26.0 Å². The Bertz CT molecular complexity index is 208. The third kappa shape index (κ3) is 1.54. The molecule has 2 radical (unpaired) electrons. The van der Waals surface area contributed by atoms with Crippen molar-refractivity contribution in [1.29, 1.82) is 0 Å². The molecule has 0 saturated heterocycles. The Labute approximate surface area is 61.3 Å². The largest absolute Gasteiger partial charge is 0.307 e. The lowest BCUT2D eigenvalue weighted by Crippen LogP contribution is -2.03. The van der Waals surface area contributed by atoms with Crippen LogP contribution in [0.15, 0.2) is 18.5 Å². The van der Waals surface area contributed by atoms with E-state index in [-0.39, 0.29) is 0 Å². The third-order valence-electron chi connectivity index (χ3n) is 1.43. The van der Waals surface area contributed by atoms with Gasteiger partial charge in [0.05, 0.1) is 0 Å². The number of hydrogen-bond donors (Lipinski definition) is 1. The average Bonchev–Trinajstić information content (AvgIpc) is 1.94. The molecular formula is C8H10N2. The van der Waals surface area contributed by atoms with E-state index in [1.807, 2.05) is 19.2 Å². The van der Waals surface area contributed by atoms with Crippen LogP contribution < -0.4 is 5.32 Å². The first kappa shape index (κ1) is 7.22. The van der Waals surface area contributed by atoms with Gasteiger partial charge in [0.15, 0.2) is 0 Å². The summed E-state index contributed by atoms with van der Waals surface area (Å²) in [6.45, 7) is 2.72. The molecule has 10 heavy (non-hydrogen) atoms. The Morgan fingerprint density at radius 1 is 1.70 bits per heavy atom. The van der Waals surface area contributed by atoms with Gasteiger partial charge in [-0.25, -0.2) is 0 Å². The second-order valence-electron chi connectivity index (χ2n) is 2.18. The summed E-state index contributed by atoms with van der Waals surface area (Å²) in [5.41, 5.74) is 2.36. The Balaban J connectivity index is 2.81. The first-order chi connectivity index (χ1) is 4.84. The molecule has 1 N–H and O–H groups in total. The van der Waals surface area contributed by atoms with Crippen LogP contribution in [-0.4, -0.2) is 4.98 Å². The smallest absolute Gasteiger partial charge is 0.0410 e. The topological polar surface area (TPSA) is 24.9 Å². The van der Waals surface area contributed by atoms with Gasteiger partial charge in [0.1, 0.15) is 0 Å². The highest BCUT2D eigenvalue weighted by molar-refractivity contribution is 5.20. The van der Waals surface area contributed by atoms with Crippen LogP contribution in [-0.2, 0) is 6.54 Å². The summed E-state index contributed by atoms with van der Waals surface area (Å²) >= 11 is 0. The number of nitrogens with one attached hydrogen (secondary N) is 1. The van der Waals surface area contributed by atoms with E-state index in [9.17, 15) is 0 Å². The summed E-state index contributed by atoms with van der Waals surface area (Å²) in [5, 5.41) is 2.60. The molecule has 0 aliphatic carbocycles. The van der Waals surface area contributed by atoms with Crippen LogP contribution in [0, 0.1) is 14.0 Å². The number of aryl methyl sites for hydroxylation is 1. The molecule has 0 saturated carbocycles. The molecule has 0 aliphatic rings. The minimum absolute atomic E-state index is 0.703. The van der Waals surface area contributed by atoms with Gasteiger partial charge in [-0.3, -0.25) is 4.98 Å². The second kappa shape index (κ2) is 3.32. The van der Waals surface area contributed by atoms with E-state index in [2.05, 4.69) is 10.3 Å². The van der Waals surface area contributed by atoms with Crippen LogP contribution in [0.3, 0.4) is 0 Å². The van der Waals surface area contributed by atoms with Crippen molar-refractivity contribution in [3.63, 3.8) is 0 Å². The zero-order valence-corrected chi connectivity index (χ0v) is 5.96. The summed E-state index contributed by atoms with van der Waals surface area (Å²) in [7, 11) is 5.16. The van der Waals surface area contributed by atoms with E-state index < -0.39 is 0 Å². The van der Waals surface area contributed by atoms with Crippen LogP contribution in [0.2, 0.25) is 0 Å². The lowest BCUT2D eigenvalue weighted by Gasteiger charge is -2.01. The van der Waals surface area contributed by atoms with Gasteiger partial charge in [-0.1, -0.05) is 0 Å². The molecule has 2 heteroatoms. The average molecular weight is 134 g/mol. The van der Waals surface area contributed by atoms with Crippen molar-refractivity contribution >= 4 is 0 Å². The molecule has 1 heterocycles. The van der Waals surface area contributed by atoms with Gasteiger partial charge < -0.3 is 5.32 Å². The van der Waals surface area contributed by atoms with Crippen molar-refractivity contribution in [3.05, 3.63) is 36.6 Å². The number of hydrogen-bond acceptors (Lipinski definition) is 2. The molecule has 0 aliphatic heterocycles. The standard InChI is InChI=1S/C8H10N2/c1-7-5-10-4-3-8(7)6-9-2/h2-5,9H,6H2,1H3. The Hall–Kier alpha value is -0.890. The van der Waals surface area contributed by atoms with Gasteiger partial charge in [0.2, 0.25) is 0 Å². The van der Waals surface area contributed by atoms with Crippen LogP contribution >= 0.6 is 0 Å². The van der Waals surface area contributed by atoms with Gasteiger partial charge in [-0.05, 0) is 24.1 Å². The third-order valence-corrected chi connectivity index (χ3v) is 1.43. The molecule has 0 atom stereocenters. The Kier molecular flexibility index (Phi) is 2.40. The number of pyridine rings is 1. The summed E-state index contributed by atoms with van der Waals surface area (Å²) in [5.74, 6) is 0. The molecule has 0 amide bonds. The first-order valence-corrected chi connectivity index (χ1v) is 3.17. The minimum Gasteiger partial charge on any atom is -0.307 e. The monoisotopic (exact) mass is 134 g/mol. The van der Waals surface area contributed by atoms with Crippen molar-refractivity contribution in [2.24, 2.45) is 0 Å². The normalized spacial score (nSPS) is 9.80. The SMILES string of the molecule is [CH]NCc1ccncc1C. The van der Waals surface area contributed by atoms with Crippen LogP contribution in [0.5, 0.6) is 0 Å². The fraction of sp³-hybridized carbons (Fsp3) is 0.250. The quantitative estimate of drug-likeness (QED) is 0.614. The molecule has 0 bridgehead atoms. The van der Waals surface area contributed by atoms with E-state index in [0.29, 0.717) is 6.54 Å². The molecule has 2 nitrogen and oxygen atoms in total. The van der Waals surface area contributed by atoms with Crippen LogP contribution in [0.1, 0.15) is 11.1 Å². The maximum atomic E-state index is 5.16. The molecule has 0 aromatic carbocycles. The van der Waals surface area contributed by atoms with Gasteiger partial charge in [-0.2, -0.15) is 0 Å². The number of rotatable bonds is 2. The molecule has 0 spiro atoms. The fourth-order valence-corrected chi connectivity index (χ4v) is 0.811. The Morgan fingerprint density at radius 3 is 3.10 bits per heavy atom. The van der Waals surface area contributed by atoms with Crippen molar-refractivity contribution in [1.82, 2.24) is 10.3 Å². The van der Waals surface area contributed by atoms with E-state index in [4.69, 9.17) is 7.05 Å². The van der Waals surface area contributed by atoms with Gasteiger partial charge >= 0.3 is 0 Å². The highest BCUT2D eigenvalue weighted by Gasteiger charge is 1.93. The molecule has 52 valence electrons. The predicted molar refractivity (Wildman–Crippen MR) is 40.1 cm³/mol. The lowest BCUT2D eigenvalue weighted by molar-refractivity contribution is 0.855. The maximum absolute atomic E-state index is 5.16. The zero-order chi connectivity index (χ0) is 7.40. The number of nitrogens with zero attached hydrogens (tertiary/aromatic N) is 1. The number of aromatic nitrogens is 1. The molecule has 1 rings (SSSR count). The van der Waals surface area contributed by atoms with Crippen molar-refractivity contribution in [2.75, 3.05) is 0 Å². The van der Waals surface area contributed by atoms with E-state index >= 15 is 0 Å². The van der Waals surface area contributed by atoms with Crippen LogP contribution in [0.25, 0.3) is 0 Å². The summed E-state index contributed by atoms with van der Waals surface area (Å²) in [6.07, 6.45) is 3.59. The predicted octanol–water partition coefficient (Wildman–Crippen LogP) is 1.15. The van der Waals surface area contributed by atoms with Gasteiger partial charge in [0.25, 0.3) is 0 Å². The second-order valence-corrected chi connectivity index (χ2v) is 2.18. The molecule has 1 aromatic heterocycles. The van der Waals surface area contributed by atoms with Crippen molar-refractivity contribution < 1.29 is 0 Å². The van der Waals surface area contributed by atoms with E-state index in [0.717, 1.165) is 0 Å². The van der Waals surface area contributed by atoms with Crippen LogP contribution in [0.4, 0.5) is 0 Å². The summed E-state index contributed by atoms with van der Waals surface area (Å²) in [4.78, 5) is 3.96. The van der Waals surface area contributed by atoms with Crippen molar-refractivity contribution in [3.8, 4) is 0 Å². The minimum atomic E-state index is 0.703. The summed E-state index contributed by atoms with van der Waals surface area (Å²) in [6, 6.07) is 1.95. The van der Waals surface area contributed by atoms with E-state index in [1.54, 1.807) is 6.20 Å². The Morgan fingerprint density at radius 2 is 2.50 bits per heavy atom. The first-order valence-electron chi connectivity index (χ1n) is 3.17. The molecule has 0 fully saturated rings. The molecular weight excluding hydrogens is 124 g/mol. The van der Waals surface area contributed by atoms with Crippen molar-refractivity contribution in [2.45, 2.75) is 13.5 Å². The highest BCUT2D eigenvalue weighted by Crippen LogP contribution is 2.03. The fourth-order valence-electron chi connectivity index (χ4n) is 0.811. The summed E-state index contributed by atoms with van der Waals surface area (Å²) < 4.78 is 0. The zero-order valence-electron chi connectivity index (χ0n) is 5.96. The lowest BCUT2D eigenvalue weighted by atomic mass is 10.2. The van der Waals surface area contributed by atoms with Gasteiger partial charge in [-0.15, -0.1) is 0 Å². The molecule has 1 aromatic rings. The molecule has 0 unspecified atom stereocenters. The maximum Gasteiger partial charge on any atom is 0.0410 e. The highest BCUT2D eigenvalue weighted by atomic mass is 14.8.